The lowest BCUT2D eigenvalue weighted by Crippen LogP contribution is -2.50. The Morgan fingerprint density at radius 3 is 2.38 bits per heavy atom. The maximum absolute atomic E-state index is 11.6. The fourth-order valence-electron chi connectivity index (χ4n) is 1.41. The molecule has 1 fully saturated rings. The Labute approximate surface area is 98.5 Å². The lowest BCUT2D eigenvalue weighted by Gasteiger charge is -2.32. The maximum atomic E-state index is 11.6. The van der Waals surface area contributed by atoms with Gasteiger partial charge in [-0.05, 0) is 0 Å². The van der Waals surface area contributed by atoms with E-state index in [0.717, 1.165) is 6.41 Å². The molecule has 0 saturated carbocycles. The average molecular weight is 248 g/mol. The molecule has 7 heteroatoms. The van der Waals surface area contributed by atoms with E-state index in [1.807, 2.05) is 0 Å². The van der Waals surface area contributed by atoms with Crippen molar-refractivity contribution in [1.82, 2.24) is 15.1 Å². The largest absolute Gasteiger partial charge is 0.346 e. The fourth-order valence-corrected chi connectivity index (χ4v) is 1.50. The standard InChI is InChI=1S/C9H14ClN3O3/c10-5-8(15)11-6-9(16)13-3-1-12(7-14)2-4-13/h7H,1-6H2,(H,11,15). The monoisotopic (exact) mass is 247 g/mol. The smallest absolute Gasteiger partial charge is 0.242 e. The van der Waals surface area contributed by atoms with Crippen molar-refractivity contribution < 1.29 is 14.4 Å². The summed E-state index contributed by atoms with van der Waals surface area (Å²) in [4.78, 5) is 36.1. The van der Waals surface area contributed by atoms with Crippen LogP contribution >= 0.6 is 11.6 Å². The van der Waals surface area contributed by atoms with Crippen LogP contribution in [0.4, 0.5) is 0 Å². The molecule has 0 aromatic carbocycles. The summed E-state index contributed by atoms with van der Waals surface area (Å²) in [5.74, 6) is -0.655. The molecule has 0 unspecified atom stereocenters. The average Bonchev–Trinajstić information content (AvgIpc) is 2.35. The van der Waals surface area contributed by atoms with Crippen LogP contribution in [0.5, 0.6) is 0 Å². The predicted octanol–water partition coefficient (Wildman–Crippen LogP) is -1.36. The zero-order valence-electron chi connectivity index (χ0n) is 8.82. The van der Waals surface area contributed by atoms with Crippen LogP contribution in [-0.2, 0) is 14.4 Å². The molecule has 0 aliphatic carbocycles. The molecule has 1 heterocycles. The number of carbonyl (C=O) groups is 3. The molecular formula is C9H14ClN3O3. The van der Waals surface area contributed by atoms with Gasteiger partial charge in [-0.1, -0.05) is 0 Å². The second-order valence-corrected chi connectivity index (χ2v) is 3.70. The van der Waals surface area contributed by atoms with Crippen molar-refractivity contribution in [2.45, 2.75) is 0 Å². The molecule has 0 atom stereocenters. The van der Waals surface area contributed by atoms with Crippen molar-refractivity contribution in [3.63, 3.8) is 0 Å². The quantitative estimate of drug-likeness (QED) is 0.493. The van der Waals surface area contributed by atoms with E-state index in [4.69, 9.17) is 11.6 Å². The number of nitrogens with zero attached hydrogens (tertiary/aromatic N) is 2. The number of halogens is 1. The molecule has 1 aliphatic heterocycles. The Balaban J connectivity index is 2.28. The summed E-state index contributed by atoms with van der Waals surface area (Å²) in [6.07, 6.45) is 0.775. The van der Waals surface area contributed by atoms with Crippen LogP contribution in [-0.4, -0.2) is 66.6 Å². The van der Waals surface area contributed by atoms with E-state index in [1.54, 1.807) is 9.80 Å². The number of hydrogen-bond donors (Lipinski definition) is 1. The van der Waals surface area contributed by atoms with Crippen LogP contribution in [0, 0.1) is 0 Å². The summed E-state index contributed by atoms with van der Waals surface area (Å²) in [5, 5.41) is 2.41. The Hall–Kier alpha value is -1.30. The van der Waals surface area contributed by atoms with Gasteiger partial charge in [-0.3, -0.25) is 14.4 Å². The Morgan fingerprint density at radius 2 is 1.88 bits per heavy atom. The van der Waals surface area contributed by atoms with E-state index >= 15 is 0 Å². The van der Waals surface area contributed by atoms with Gasteiger partial charge in [0.05, 0.1) is 6.54 Å². The van der Waals surface area contributed by atoms with E-state index in [0.29, 0.717) is 26.2 Å². The maximum Gasteiger partial charge on any atom is 0.242 e. The molecule has 6 nitrogen and oxygen atoms in total. The third kappa shape index (κ3) is 3.69. The van der Waals surface area contributed by atoms with Crippen molar-refractivity contribution in [3.05, 3.63) is 0 Å². The molecule has 1 saturated heterocycles. The van der Waals surface area contributed by atoms with E-state index in [-0.39, 0.29) is 24.2 Å². The van der Waals surface area contributed by atoms with Gasteiger partial charge in [0.15, 0.2) is 0 Å². The molecule has 1 aliphatic rings. The zero-order valence-corrected chi connectivity index (χ0v) is 9.57. The SMILES string of the molecule is O=CN1CCN(C(=O)CNC(=O)CCl)CC1. The molecule has 1 rings (SSSR count). The highest BCUT2D eigenvalue weighted by atomic mass is 35.5. The molecule has 1 N–H and O–H groups in total. The van der Waals surface area contributed by atoms with Crippen LogP contribution in [0.3, 0.4) is 0 Å². The van der Waals surface area contributed by atoms with E-state index in [1.165, 1.54) is 0 Å². The van der Waals surface area contributed by atoms with Gasteiger partial charge < -0.3 is 15.1 Å². The molecule has 0 bridgehead atoms. The lowest BCUT2D eigenvalue weighted by atomic mass is 10.3. The van der Waals surface area contributed by atoms with Gasteiger partial charge in [0.25, 0.3) is 0 Å². The van der Waals surface area contributed by atoms with Crippen molar-refractivity contribution in [1.29, 1.82) is 0 Å². The van der Waals surface area contributed by atoms with Gasteiger partial charge in [-0.2, -0.15) is 0 Å². The first-order chi connectivity index (χ1) is 7.67. The molecule has 0 aromatic heterocycles. The highest BCUT2D eigenvalue weighted by molar-refractivity contribution is 6.27. The minimum absolute atomic E-state index is 0.0351. The number of rotatable bonds is 4. The van der Waals surface area contributed by atoms with Gasteiger partial charge in [0.1, 0.15) is 5.88 Å². The second kappa shape index (κ2) is 6.32. The van der Waals surface area contributed by atoms with Crippen molar-refractivity contribution >= 4 is 29.8 Å². The molecule has 16 heavy (non-hydrogen) atoms. The van der Waals surface area contributed by atoms with Crippen LogP contribution in [0.2, 0.25) is 0 Å². The summed E-state index contributed by atoms with van der Waals surface area (Å²) in [5.41, 5.74) is 0. The summed E-state index contributed by atoms with van der Waals surface area (Å²) >= 11 is 5.28. The third-order valence-electron chi connectivity index (χ3n) is 2.37. The minimum Gasteiger partial charge on any atom is -0.346 e. The third-order valence-corrected chi connectivity index (χ3v) is 2.62. The summed E-state index contributed by atoms with van der Waals surface area (Å²) in [7, 11) is 0. The molecule has 90 valence electrons. The first-order valence-electron chi connectivity index (χ1n) is 4.97. The molecule has 3 amide bonds. The van der Waals surface area contributed by atoms with Crippen LogP contribution in [0.1, 0.15) is 0 Å². The highest BCUT2D eigenvalue weighted by Crippen LogP contribution is 1.99. The topological polar surface area (TPSA) is 69.7 Å². The number of hydrogen-bond acceptors (Lipinski definition) is 3. The van der Waals surface area contributed by atoms with E-state index in [9.17, 15) is 14.4 Å². The molecular weight excluding hydrogens is 234 g/mol. The van der Waals surface area contributed by atoms with Crippen LogP contribution < -0.4 is 5.32 Å². The van der Waals surface area contributed by atoms with Gasteiger partial charge in [-0.25, -0.2) is 0 Å². The Bertz CT molecular complexity index is 277. The van der Waals surface area contributed by atoms with Gasteiger partial charge in [-0.15, -0.1) is 11.6 Å². The van der Waals surface area contributed by atoms with Gasteiger partial charge in [0, 0.05) is 26.2 Å². The molecule has 0 aromatic rings. The lowest BCUT2D eigenvalue weighted by molar-refractivity contribution is -0.135. The fraction of sp³-hybridized carbons (Fsp3) is 0.667. The van der Waals surface area contributed by atoms with Crippen LogP contribution in [0.25, 0.3) is 0 Å². The summed E-state index contributed by atoms with van der Waals surface area (Å²) in [6, 6.07) is 0. The van der Waals surface area contributed by atoms with Crippen LogP contribution in [0.15, 0.2) is 0 Å². The number of alkyl halides is 1. The first-order valence-corrected chi connectivity index (χ1v) is 5.50. The highest BCUT2D eigenvalue weighted by Gasteiger charge is 2.19. The summed E-state index contributed by atoms with van der Waals surface area (Å²) in [6.45, 7) is 2.06. The Morgan fingerprint density at radius 1 is 1.25 bits per heavy atom. The minimum atomic E-state index is -0.360. The van der Waals surface area contributed by atoms with Crippen molar-refractivity contribution in [3.8, 4) is 0 Å². The predicted molar refractivity (Wildman–Crippen MR) is 57.9 cm³/mol. The van der Waals surface area contributed by atoms with Crippen molar-refractivity contribution in [2.24, 2.45) is 0 Å². The molecule has 0 spiro atoms. The Kier molecular flexibility index (Phi) is 5.04. The number of nitrogens with one attached hydrogen (secondary N) is 1. The normalized spacial score (nSPS) is 15.8. The second-order valence-electron chi connectivity index (χ2n) is 3.43. The first kappa shape index (κ1) is 12.8. The van der Waals surface area contributed by atoms with E-state index < -0.39 is 0 Å². The summed E-state index contributed by atoms with van der Waals surface area (Å²) < 4.78 is 0. The molecule has 0 radical (unpaired) electrons. The zero-order chi connectivity index (χ0) is 12.0. The van der Waals surface area contributed by atoms with Gasteiger partial charge >= 0.3 is 0 Å². The number of carbonyl (C=O) groups excluding carboxylic acids is 3. The van der Waals surface area contributed by atoms with Crippen molar-refractivity contribution in [2.75, 3.05) is 38.6 Å². The van der Waals surface area contributed by atoms with Gasteiger partial charge in [0.2, 0.25) is 18.2 Å². The number of piperazine rings is 1. The number of amides is 3. The van der Waals surface area contributed by atoms with E-state index in [2.05, 4.69) is 5.32 Å².